The van der Waals surface area contributed by atoms with Crippen LogP contribution in [-0.2, 0) is 4.74 Å². The molecule has 0 aliphatic carbocycles. The highest BCUT2D eigenvalue weighted by Crippen LogP contribution is 2.37. The molecule has 0 saturated carbocycles. The van der Waals surface area contributed by atoms with Gasteiger partial charge in [-0.1, -0.05) is 0 Å². The van der Waals surface area contributed by atoms with E-state index in [9.17, 15) is 4.39 Å². The third kappa shape index (κ3) is 2.89. The molecule has 4 aromatic rings. The molecule has 0 radical (unpaired) electrons. The molecular formula is C20H17FN4OS. The first-order valence-corrected chi connectivity index (χ1v) is 9.74. The molecule has 1 aromatic carbocycles. The molecule has 3 aromatic heterocycles. The molecule has 1 saturated heterocycles. The van der Waals surface area contributed by atoms with Gasteiger partial charge in [0.15, 0.2) is 5.65 Å². The molecule has 0 unspecified atom stereocenters. The topological polar surface area (TPSA) is 54.0 Å². The largest absolute Gasteiger partial charge is 0.378 e. The molecule has 0 atom stereocenters. The van der Waals surface area contributed by atoms with Crippen molar-refractivity contribution in [2.45, 2.75) is 0 Å². The van der Waals surface area contributed by atoms with Gasteiger partial charge in [0, 0.05) is 30.5 Å². The van der Waals surface area contributed by atoms with E-state index in [4.69, 9.17) is 4.74 Å². The molecular weight excluding hydrogens is 363 g/mol. The second-order valence-corrected chi connectivity index (χ2v) is 7.21. The van der Waals surface area contributed by atoms with Crippen molar-refractivity contribution < 1.29 is 9.13 Å². The highest BCUT2D eigenvalue weighted by Gasteiger charge is 2.19. The summed E-state index contributed by atoms with van der Waals surface area (Å²) in [6.45, 7) is 2.97. The van der Waals surface area contributed by atoms with Gasteiger partial charge < -0.3 is 9.64 Å². The quantitative estimate of drug-likeness (QED) is 0.575. The fraction of sp³-hybridized carbons (Fsp3) is 0.200. The number of anilines is 1. The second-order valence-electron chi connectivity index (χ2n) is 6.43. The van der Waals surface area contributed by atoms with Gasteiger partial charge in [-0.05, 0) is 52.2 Å². The molecule has 1 fully saturated rings. The summed E-state index contributed by atoms with van der Waals surface area (Å²) in [5.74, 6) is -0.291. The minimum atomic E-state index is -0.291. The number of H-pyrrole nitrogens is 1. The fourth-order valence-corrected chi connectivity index (χ4v) is 4.17. The fourth-order valence-electron chi connectivity index (χ4n) is 3.52. The van der Waals surface area contributed by atoms with E-state index < -0.39 is 0 Å². The molecule has 0 spiro atoms. The van der Waals surface area contributed by atoms with Crippen LogP contribution in [0.2, 0.25) is 0 Å². The summed E-state index contributed by atoms with van der Waals surface area (Å²) in [6.07, 6.45) is 1.75. The van der Waals surface area contributed by atoms with Crippen LogP contribution < -0.4 is 4.90 Å². The Labute approximate surface area is 159 Å². The average Bonchev–Trinajstić information content (AvgIpc) is 3.39. The van der Waals surface area contributed by atoms with E-state index in [0.717, 1.165) is 35.3 Å². The van der Waals surface area contributed by atoms with Crippen molar-refractivity contribution in [1.29, 1.82) is 0 Å². The maximum atomic E-state index is 14.8. The zero-order chi connectivity index (χ0) is 18.2. The van der Waals surface area contributed by atoms with Gasteiger partial charge in [-0.2, -0.15) is 16.4 Å². The summed E-state index contributed by atoms with van der Waals surface area (Å²) in [4.78, 5) is 6.58. The van der Waals surface area contributed by atoms with Crippen LogP contribution in [0.1, 0.15) is 0 Å². The number of ether oxygens (including phenoxy) is 1. The predicted octanol–water partition coefficient (Wildman–Crippen LogP) is 4.33. The van der Waals surface area contributed by atoms with Gasteiger partial charge in [0.25, 0.3) is 0 Å². The highest BCUT2D eigenvalue weighted by molar-refractivity contribution is 7.08. The Morgan fingerprint density at radius 3 is 2.81 bits per heavy atom. The summed E-state index contributed by atoms with van der Waals surface area (Å²) >= 11 is 1.63. The first-order valence-electron chi connectivity index (χ1n) is 8.79. The number of morpholine rings is 1. The molecule has 136 valence electrons. The molecule has 1 aliphatic heterocycles. The average molecular weight is 380 g/mol. The van der Waals surface area contributed by atoms with E-state index in [0.29, 0.717) is 30.1 Å². The summed E-state index contributed by atoms with van der Waals surface area (Å²) in [6, 6.07) is 9.21. The molecule has 1 N–H and O–H groups in total. The zero-order valence-electron chi connectivity index (χ0n) is 14.5. The number of nitrogens with zero attached hydrogens (tertiary/aromatic N) is 3. The Bertz CT molecular complexity index is 1090. The van der Waals surface area contributed by atoms with Gasteiger partial charge in [0.1, 0.15) is 11.5 Å². The minimum Gasteiger partial charge on any atom is -0.378 e. The molecule has 27 heavy (non-hydrogen) atoms. The van der Waals surface area contributed by atoms with E-state index in [1.807, 2.05) is 23.6 Å². The Morgan fingerprint density at radius 2 is 2.00 bits per heavy atom. The van der Waals surface area contributed by atoms with E-state index >= 15 is 0 Å². The van der Waals surface area contributed by atoms with Crippen molar-refractivity contribution >= 4 is 28.1 Å². The van der Waals surface area contributed by atoms with Gasteiger partial charge in [-0.15, -0.1) is 0 Å². The molecule has 4 heterocycles. The smallest absolute Gasteiger partial charge is 0.156 e. The van der Waals surface area contributed by atoms with E-state index in [-0.39, 0.29) is 5.82 Å². The van der Waals surface area contributed by atoms with Gasteiger partial charge >= 0.3 is 0 Å². The first kappa shape index (κ1) is 16.4. The lowest BCUT2D eigenvalue weighted by Gasteiger charge is -2.29. The van der Waals surface area contributed by atoms with Gasteiger partial charge in [0.2, 0.25) is 0 Å². The van der Waals surface area contributed by atoms with Crippen LogP contribution in [0.15, 0.2) is 47.3 Å². The Balaban J connectivity index is 1.68. The summed E-state index contributed by atoms with van der Waals surface area (Å²) in [7, 11) is 0. The van der Waals surface area contributed by atoms with Crippen molar-refractivity contribution in [1.82, 2.24) is 15.2 Å². The predicted molar refractivity (Wildman–Crippen MR) is 106 cm³/mol. The molecule has 7 heteroatoms. The van der Waals surface area contributed by atoms with Gasteiger partial charge in [0.05, 0.1) is 18.6 Å². The number of aromatic nitrogens is 3. The van der Waals surface area contributed by atoms with Crippen LogP contribution in [0.3, 0.4) is 0 Å². The first-order chi connectivity index (χ1) is 13.3. The zero-order valence-corrected chi connectivity index (χ0v) is 15.3. The number of hydrogen-bond donors (Lipinski definition) is 1. The van der Waals surface area contributed by atoms with Crippen LogP contribution in [0.25, 0.3) is 33.4 Å². The molecule has 1 aliphatic rings. The van der Waals surface area contributed by atoms with Crippen molar-refractivity contribution in [3.8, 4) is 22.4 Å². The summed E-state index contributed by atoms with van der Waals surface area (Å²) in [5.41, 5.74) is 4.79. The number of hydrogen-bond acceptors (Lipinski definition) is 5. The van der Waals surface area contributed by atoms with Crippen molar-refractivity contribution in [2.24, 2.45) is 0 Å². The monoisotopic (exact) mass is 380 g/mol. The summed E-state index contributed by atoms with van der Waals surface area (Å²) < 4.78 is 20.2. The third-order valence-corrected chi connectivity index (χ3v) is 5.56. The third-order valence-electron chi connectivity index (χ3n) is 4.87. The molecule has 0 amide bonds. The standard InChI is InChI=1S/C20H17FN4OS/c21-17-2-1-14(25-6-8-26-9-7-25)11-16(17)19-18-15(13-4-10-27-12-13)3-5-22-20(18)24-23-19/h1-5,10-12H,6-9H2,(H,22,23,24). The van der Waals surface area contributed by atoms with Crippen LogP contribution in [0, 0.1) is 5.82 Å². The Hall–Kier alpha value is -2.77. The van der Waals surface area contributed by atoms with Gasteiger partial charge in [-0.25, -0.2) is 9.37 Å². The highest BCUT2D eigenvalue weighted by atomic mass is 32.1. The minimum absolute atomic E-state index is 0.291. The lowest BCUT2D eigenvalue weighted by atomic mass is 10.0. The van der Waals surface area contributed by atoms with Crippen molar-refractivity contribution in [3.63, 3.8) is 0 Å². The van der Waals surface area contributed by atoms with Crippen LogP contribution in [0.5, 0.6) is 0 Å². The SMILES string of the molecule is Fc1ccc(N2CCOCC2)cc1-c1n[nH]c2nccc(-c3ccsc3)c12. The lowest BCUT2D eigenvalue weighted by molar-refractivity contribution is 0.122. The Morgan fingerprint density at radius 1 is 1.11 bits per heavy atom. The van der Waals surface area contributed by atoms with Crippen LogP contribution >= 0.6 is 11.3 Å². The Kier molecular flexibility index (Phi) is 4.10. The normalized spacial score (nSPS) is 14.8. The number of nitrogens with one attached hydrogen (secondary N) is 1. The van der Waals surface area contributed by atoms with Crippen LogP contribution in [0.4, 0.5) is 10.1 Å². The van der Waals surface area contributed by atoms with Crippen molar-refractivity contribution in [2.75, 3.05) is 31.2 Å². The molecule has 0 bridgehead atoms. The number of pyridine rings is 1. The lowest BCUT2D eigenvalue weighted by Crippen LogP contribution is -2.36. The maximum Gasteiger partial charge on any atom is 0.156 e. The summed E-state index contributed by atoms with van der Waals surface area (Å²) in [5, 5.41) is 12.3. The van der Waals surface area contributed by atoms with E-state index in [2.05, 4.69) is 31.5 Å². The molecule has 5 nitrogen and oxygen atoms in total. The van der Waals surface area contributed by atoms with E-state index in [1.54, 1.807) is 17.5 Å². The van der Waals surface area contributed by atoms with Crippen molar-refractivity contribution in [3.05, 3.63) is 53.1 Å². The number of halogens is 1. The van der Waals surface area contributed by atoms with Gasteiger partial charge in [-0.3, -0.25) is 5.10 Å². The molecule has 5 rings (SSSR count). The second kappa shape index (κ2) is 6.75. The number of benzene rings is 1. The van der Waals surface area contributed by atoms with Crippen LogP contribution in [-0.4, -0.2) is 41.5 Å². The maximum absolute atomic E-state index is 14.8. The number of rotatable bonds is 3. The van der Waals surface area contributed by atoms with E-state index in [1.165, 1.54) is 6.07 Å². The number of fused-ring (bicyclic) bond motifs is 1. The number of thiophene rings is 1. The number of aromatic amines is 1.